The van der Waals surface area contributed by atoms with Gasteiger partial charge in [-0.15, -0.1) is 0 Å². The highest BCUT2D eigenvalue weighted by Gasteiger charge is 2.27. The van der Waals surface area contributed by atoms with Crippen molar-refractivity contribution in [2.24, 2.45) is 5.41 Å². The lowest BCUT2D eigenvalue weighted by Gasteiger charge is -2.33. The molecule has 1 rings (SSSR count). The molecule has 8 heteroatoms. The van der Waals surface area contributed by atoms with Crippen LogP contribution in [0.5, 0.6) is 5.75 Å². The first-order chi connectivity index (χ1) is 18.2. The average molecular weight is 543 g/mol. The van der Waals surface area contributed by atoms with Gasteiger partial charge in [0, 0.05) is 6.61 Å². The lowest BCUT2D eigenvalue weighted by Crippen LogP contribution is -2.24. The molecule has 0 N–H and O–H groups in total. The maximum Gasteiger partial charge on any atom is 0.119 e. The fourth-order valence-electron chi connectivity index (χ4n) is 4.11. The molecule has 0 saturated heterocycles. The van der Waals surface area contributed by atoms with E-state index in [4.69, 9.17) is 37.9 Å². The van der Waals surface area contributed by atoms with Gasteiger partial charge in [0.15, 0.2) is 0 Å². The zero-order chi connectivity index (χ0) is 28.0. The molecule has 0 radical (unpaired) electrons. The quantitative estimate of drug-likeness (QED) is 0.161. The summed E-state index contributed by atoms with van der Waals surface area (Å²) in [5.74, 6) is 0.868. The summed E-state index contributed by atoms with van der Waals surface area (Å²) in [7, 11) is 0. The van der Waals surface area contributed by atoms with Crippen molar-refractivity contribution in [1.29, 1.82) is 0 Å². The van der Waals surface area contributed by atoms with Crippen molar-refractivity contribution in [3.8, 4) is 5.75 Å². The van der Waals surface area contributed by atoms with Crippen molar-refractivity contribution in [2.75, 3.05) is 99.1 Å². The van der Waals surface area contributed by atoms with Gasteiger partial charge in [-0.3, -0.25) is 0 Å². The molecule has 1 aromatic rings. The van der Waals surface area contributed by atoms with E-state index < -0.39 is 0 Å². The van der Waals surface area contributed by atoms with Crippen LogP contribution in [0.25, 0.3) is 0 Å². The lowest BCUT2D eigenvalue weighted by molar-refractivity contribution is -0.0208. The summed E-state index contributed by atoms with van der Waals surface area (Å²) in [5, 5.41) is 0. The van der Waals surface area contributed by atoms with Gasteiger partial charge in [0.2, 0.25) is 0 Å². The Bertz CT molecular complexity index is 657. The summed E-state index contributed by atoms with van der Waals surface area (Å²) in [6.45, 7) is 21.8. The van der Waals surface area contributed by atoms with Gasteiger partial charge in [-0.1, -0.05) is 46.8 Å². The Hall–Kier alpha value is -1.26. The molecule has 0 fully saturated rings. The molecule has 8 nitrogen and oxygen atoms in total. The van der Waals surface area contributed by atoms with Gasteiger partial charge in [-0.2, -0.15) is 0 Å². The average Bonchev–Trinajstić information content (AvgIpc) is 2.86. The molecule has 222 valence electrons. The smallest absolute Gasteiger partial charge is 0.119 e. The van der Waals surface area contributed by atoms with Crippen LogP contribution < -0.4 is 4.74 Å². The zero-order valence-corrected chi connectivity index (χ0v) is 24.9. The molecule has 1 aromatic carbocycles. The Morgan fingerprint density at radius 1 is 0.474 bits per heavy atom. The van der Waals surface area contributed by atoms with E-state index in [2.05, 4.69) is 46.8 Å². The molecule has 0 unspecified atom stereocenters. The molecule has 0 aromatic heterocycles. The highest BCUT2D eigenvalue weighted by molar-refractivity contribution is 5.31. The predicted octanol–water partition coefficient (Wildman–Crippen LogP) is 4.92. The van der Waals surface area contributed by atoms with E-state index in [1.54, 1.807) is 0 Å². The van der Waals surface area contributed by atoms with E-state index in [0.29, 0.717) is 105 Å². The highest BCUT2D eigenvalue weighted by Crippen LogP contribution is 2.36. The fraction of sp³-hybridized carbons (Fsp3) is 0.800. The van der Waals surface area contributed by atoms with Crippen LogP contribution in [0.15, 0.2) is 24.3 Å². The van der Waals surface area contributed by atoms with Crippen LogP contribution in [-0.2, 0) is 38.6 Å². The highest BCUT2D eigenvalue weighted by atomic mass is 16.6. The van der Waals surface area contributed by atoms with Crippen molar-refractivity contribution in [3.63, 3.8) is 0 Å². The minimum atomic E-state index is 0.133. The Morgan fingerprint density at radius 3 is 1.16 bits per heavy atom. The van der Waals surface area contributed by atoms with Crippen molar-refractivity contribution in [3.05, 3.63) is 29.8 Å². The first kappa shape index (κ1) is 34.8. The zero-order valence-electron chi connectivity index (χ0n) is 24.9. The van der Waals surface area contributed by atoms with Gasteiger partial charge >= 0.3 is 0 Å². The Labute approximate surface area is 231 Å². The second-order valence-electron chi connectivity index (χ2n) is 10.9. The largest absolute Gasteiger partial charge is 0.491 e. The van der Waals surface area contributed by atoms with Crippen LogP contribution >= 0.6 is 0 Å². The molecule has 0 heterocycles. The third kappa shape index (κ3) is 19.8. The first-order valence-electron chi connectivity index (χ1n) is 14.0. The second kappa shape index (κ2) is 21.5. The molecule has 0 aliphatic heterocycles. The van der Waals surface area contributed by atoms with Crippen LogP contribution in [0.3, 0.4) is 0 Å². The Morgan fingerprint density at radius 2 is 0.816 bits per heavy atom. The van der Waals surface area contributed by atoms with Gasteiger partial charge in [0.1, 0.15) is 12.4 Å². The molecule has 0 bridgehead atoms. The first-order valence-corrected chi connectivity index (χ1v) is 14.0. The van der Waals surface area contributed by atoms with Gasteiger partial charge in [0.25, 0.3) is 0 Å². The van der Waals surface area contributed by atoms with Gasteiger partial charge in [0.05, 0.1) is 85.9 Å². The van der Waals surface area contributed by atoms with Gasteiger partial charge < -0.3 is 37.9 Å². The molecule has 0 saturated carbocycles. The summed E-state index contributed by atoms with van der Waals surface area (Å²) >= 11 is 0. The van der Waals surface area contributed by atoms with Crippen molar-refractivity contribution in [1.82, 2.24) is 0 Å². The summed E-state index contributed by atoms with van der Waals surface area (Å²) in [6, 6.07) is 8.43. The Kier molecular flexibility index (Phi) is 19.7. The van der Waals surface area contributed by atoms with E-state index in [1.165, 1.54) is 5.56 Å². The molecular formula is C30H54O8. The second-order valence-corrected chi connectivity index (χ2v) is 10.9. The maximum absolute atomic E-state index is 5.80. The van der Waals surface area contributed by atoms with Gasteiger partial charge in [-0.05, 0) is 41.9 Å². The normalized spacial score (nSPS) is 12.3. The van der Waals surface area contributed by atoms with Crippen LogP contribution in [-0.4, -0.2) is 99.1 Å². The number of hydrogen-bond donors (Lipinski definition) is 0. The molecule has 0 amide bonds. The molecule has 38 heavy (non-hydrogen) atoms. The number of hydrogen-bond acceptors (Lipinski definition) is 8. The van der Waals surface area contributed by atoms with E-state index >= 15 is 0 Å². The monoisotopic (exact) mass is 542 g/mol. The maximum atomic E-state index is 5.80. The molecule has 0 aliphatic carbocycles. The molecular weight excluding hydrogens is 488 g/mol. The minimum Gasteiger partial charge on any atom is -0.491 e. The van der Waals surface area contributed by atoms with E-state index in [0.717, 1.165) is 12.2 Å². The van der Waals surface area contributed by atoms with Gasteiger partial charge in [-0.25, -0.2) is 0 Å². The van der Waals surface area contributed by atoms with Crippen molar-refractivity contribution >= 4 is 0 Å². The molecule has 0 atom stereocenters. The van der Waals surface area contributed by atoms with Crippen molar-refractivity contribution in [2.45, 2.75) is 53.4 Å². The van der Waals surface area contributed by atoms with E-state index in [9.17, 15) is 0 Å². The number of rotatable bonds is 25. The van der Waals surface area contributed by atoms with Crippen molar-refractivity contribution < 1.29 is 37.9 Å². The van der Waals surface area contributed by atoms with E-state index in [1.807, 2.05) is 19.1 Å². The number of benzene rings is 1. The van der Waals surface area contributed by atoms with E-state index in [-0.39, 0.29) is 5.41 Å². The predicted molar refractivity (Wildman–Crippen MR) is 150 cm³/mol. The number of ether oxygens (including phenoxy) is 8. The topological polar surface area (TPSA) is 73.8 Å². The van der Waals surface area contributed by atoms with Crippen LogP contribution in [0.2, 0.25) is 0 Å². The molecule has 0 aliphatic rings. The third-order valence-electron chi connectivity index (χ3n) is 5.54. The standard InChI is InChI=1S/C30H54O8/c1-7-31-12-13-32-14-15-33-16-17-34-18-19-35-20-21-36-22-23-37-24-25-38-28-10-8-27(9-11-28)30(5,6)26-29(2,3)4/h8-11H,7,12-26H2,1-6H3. The Balaban J connectivity index is 1.86. The fourth-order valence-corrected chi connectivity index (χ4v) is 4.11. The SMILES string of the molecule is CCOCCOCCOCCOCCOCCOCCOCCOc1ccc(C(C)(C)CC(C)(C)C)cc1. The molecule has 0 spiro atoms. The third-order valence-corrected chi connectivity index (χ3v) is 5.54. The summed E-state index contributed by atoms with van der Waals surface area (Å²) < 4.78 is 43.8. The van der Waals surface area contributed by atoms with Crippen LogP contribution in [0.4, 0.5) is 0 Å². The summed E-state index contributed by atoms with van der Waals surface area (Å²) in [6.07, 6.45) is 1.13. The lowest BCUT2D eigenvalue weighted by atomic mass is 9.72. The minimum absolute atomic E-state index is 0.133. The van der Waals surface area contributed by atoms with Crippen LogP contribution in [0.1, 0.15) is 53.5 Å². The summed E-state index contributed by atoms with van der Waals surface area (Å²) in [5.41, 5.74) is 1.76. The summed E-state index contributed by atoms with van der Waals surface area (Å²) in [4.78, 5) is 0. The van der Waals surface area contributed by atoms with Crippen LogP contribution in [0, 0.1) is 5.41 Å².